The second-order valence-electron chi connectivity index (χ2n) is 6.05. The van der Waals surface area contributed by atoms with Gasteiger partial charge in [0.15, 0.2) is 0 Å². The largest absolute Gasteiger partial charge is 0.495 e. The van der Waals surface area contributed by atoms with Gasteiger partial charge in [-0.1, -0.05) is 6.07 Å². The standard InChI is InChI=1S/C18H18F3N3O4/c1-10-4-7-16(28-3)14(8-10)23-17(25)11(2)22-13-6-5-12(18(19,20)21)9-15(13)24(26)27/h4-9,11,22H,1-3H3,(H,23,25)/t11-/m0/s1. The van der Waals surface area contributed by atoms with E-state index < -0.39 is 34.3 Å². The number of nitro groups is 1. The maximum absolute atomic E-state index is 12.8. The van der Waals surface area contributed by atoms with Gasteiger partial charge in [-0.15, -0.1) is 0 Å². The number of nitrogens with zero attached hydrogens (tertiary/aromatic N) is 1. The highest BCUT2D eigenvalue weighted by atomic mass is 19.4. The minimum Gasteiger partial charge on any atom is -0.495 e. The molecule has 2 N–H and O–H groups in total. The summed E-state index contributed by atoms with van der Waals surface area (Å²) in [6, 6.07) is 6.24. The van der Waals surface area contributed by atoms with Crippen molar-refractivity contribution in [1.82, 2.24) is 0 Å². The number of carbonyl (C=O) groups excluding carboxylic acids is 1. The number of aryl methyl sites for hydroxylation is 1. The minimum atomic E-state index is -4.71. The Labute approximate surface area is 158 Å². The van der Waals surface area contributed by atoms with E-state index in [0.717, 1.165) is 11.6 Å². The van der Waals surface area contributed by atoms with Crippen molar-refractivity contribution in [2.45, 2.75) is 26.1 Å². The molecule has 7 nitrogen and oxygen atoms in total. The Bertz CT molecular complexity index is 900. The van der Waals surface area contributed by atoms with E-state index in [9.17, 15) is 28.1 Å². The third-order valence-corrected chi connectivity index (χ3v) is 3.90. The first-order chi connectivity index (χ1) is 13.0. The Balaban J connectivity index is 2.22. The number of carbonyl (C=O) groups is 1. The molecular weight excluding hydrogens is 379 g/mol. The molecule has 0 aliphatic heterocycles. The van der Waals surface area contributed by atoms with Crippen LogP contribution in [0.3, 0.4) is 0 Å². The number of nitro benzene ring substituents is 1. The molecule has 150 valence electrons. The van der Waals surface area contributed by atoms with E-state index in [2.05, 4.69) is 10.6 Å². The van der Waals surface area contributed by atoms with Crippen LogP contribution in [-0.4, -0.2) is 24.0 Å². The molecular formula is C18H18F3N3O4. The lowest BCUT2D eigenvalue weighted by Crippen LogP contribution is -2.32. The molecule has 0 aliphatic carbocycles. The van der Waals surface area contributed by atoms with Gasteiger partial charge in [0.1, 0.15) is 17.5 Å². The van der Waals surface area contributed by atoms with Gasteiger partial charge in [-0.05, 0) is 43.7 Å². The van der Waals surface area contributed by atoms with E-state index in [1.165, 1.54) is 14.0 Å². The number of halogens is 3. The third-order valence-electron chi connectivity index (χ3n) is 3.90. The number of nitrogens with one attached hydrogen (secondary N) is 2. The van der Waals surface area contributed by atoms with Gasteiger partial charge in [-0.3, -0.25) is 14.9 Å². The van der Waals surface area contributed by atoms with Crippen LogP contribution in [0, 0.1) is 17.0 Å². The van der Waals surface area contributed by atoms with Crippen LogP contribution in [0.1, 0.15) is 18.1 Å². The molecule has 0 aliphatic rings. The van der Waals surface area contributed by atoms with Crippen LogP contribution in [0.25, 0.3) is 0 Å². The average molecular weight is 397 g/mol. The number of rotatable bonds is 6. The highest BCUT2D eigenvalue weighted by molar-refractivity contribution is 5.97. The molecule has 1 atom stereocenters. The van der Waals surface area contributed by atoms with Crippen molar-refractivity contribution in [3.05, 3.63) is 57.6 Å². The third kappa shape index (κ3) is 4.90. The van der Waals surface area contributed by atoms with E-state index in [1.54, 1.807) is 18.2 Å². The van der Waals surface area contributed by atoms with Crippen molar-refractivity contribution in [2.75, 3.05) is 17.7 Å². The molecule has 0 bridgehead atoms. The fourth-order valence-electron chi connectivity index (χ4n) is 2.44. The Hall–Kier alpha value is -3.30. The van der Waals surface area contributed by atoms with E-state index in [1.807, 2.05) is 6.92 Å². The van der Waals surface area contributed by atoms with Crippen LogP contribution in [0.15, 0.2) is 36.4 Å². The lowest BCUT2D eigenvalue weighted by atomic mass is 10.1. The van der Waals surface area contributed by atoms with Crippen LogP contribution in [-0.2, 0) is 11.0 Å². The Morgan fingerprint density at radius 2 is 1.86 bits per heavy atom. The Kier molecular flexibility index (Phi) is 6.12. The molecule has 0 spiro atoms. The average Bonchev–Trinajstić information content (AvgIpc) is 2.61. The predicted octanol–water partition coefficient (Wildman–Crippen LogP) is 4.37. The first kappa shape index (κ1) is 21.0. The maximum Gasteiger partial charge on any atom is 0.416 e. The van der Waals surface area contributed by atoms with Crippen LogP contribution < -0.4 is 15.4 Å². The van der Waals surface area contributed by atoms with Crippen molar-refractivity contribution < 1.29 is 27.6 Å². The lowest BCUT2D eigenvalue weighted by Gasteiger charge is -2.17. The van der Waals surface area contributed by atoms with Gasteiger partial charge in [0, 0.05) is 6.07 Å². The SMILES string of the molecule is COc1ccc(C)cc1NC(=O)[C@H](C)Nc1ccc(C(F)(F)F)cc1[N+](=O)[O-]. The number of anilines is 2. The minimum absolute atomic E-state index is 0.197. The second kappa shape index (κ2) is 8.15. The summed E-state index contributed by atoms with van der Waals surface area (Å²) in [5.74, 6) is -0.121. The number of amides is 1. The van der Waals surface area contributed by atoms with Gasteiger partial charge in [-0.25, -0.2) is 0 Å². The van der Waals surface area contributed by atoms with Crippen molar-refractivity contribution in [3.8, 4) is 5.75 Å². The Morgan fingerprint density at radius 1 is 1.18 bits per heavy atom. The summed E-state index contributed by atoms with van der Waals surface area (Å²) in [5.41, 5.74) is -0.844. The smallest absolute Gasteiger partial charge is 0.416 e. The monoisotopic (exact) mass is 397 g/mol. The summed E-state index contributed by atoms with van der Waals surface area (Å²) in [6.45, 7) is 3.25. The zero-order chi connectivity index (χ0) is 21.1. The predicted molar refractivity (Wildman–Crippen MR) is 97.5 cm³/mol. The molecule has 2 rings (SSSR count). The maximum atomic E-state index is 12.8. The van der Waals surface area contributed by atoms with Crippen LogP contribution in [0.5, 0.6) is 5.75 Å². The first-order valence-corrected chi connectivity index (χ1v) is 8.10. The fraction of sp³-hybridized carbons (Fsp3) is 0.278. The highest BCUT2D eigenvalue weighted by Crippen LogP contribution is 2.35. The van der Waals surface area contributed by atoms with Gasteiger partial charge < -0.3 is 15.4 Å². The van der Waals surface area contributed by atoms with E-state index in [0.29, 0.717) is 23.6 Å². The zero-order valence-corrected chi connectivity index (χ0v) is 15.3. The van der Waals surface area contributed by atoms with Crippen molar-refractivity contribution in [1.29, 1.82) is 0 Å². The fourth-order valence-corrected chi connectivity index (χ4v) is 2.44. The lowest BCUT2D eigenvalue weighted by molar-refractivity contribution is -0.384. The molecule has 0 heterocycles. The van der Waals surface area contributed by atoms with Crippen LogP contribution >= 0.6 is 0 Å². The molecule has 0 aromatic heterocycles. The summed E-state index contributed by atoms with van der Waals surface area (Å²) in [4.78, 5) is 22.6. The van der Waals surface area contributed by atoms with Gasteiger partial charge in [0.25, 0.3) is 5.69 Å². The van der Waals surface area contributed by atoms with E-state index >= 15 is 0 Å². The van der Waals surface area contributed by atoms with Crippen molar-refractivity contribution >= 4 is 23.0 Å². The number of ether oxygens (including phenoxy) is 1. The number of methoxy groups -OCH3 is 1. The first-order valence-electron chi connectivity index (χ1n) is 8.10. The second-order valence-corrected chi connectivity index (χ2v) is 6.05. The zero-order valence-electron chi connectivity index (χ0n) is 15.3. The van der Waals surface area contributed by atoms with Crippen LogP contribution in [0.2, 0.25) is 0 Å². The highest BCUT2D eigenvalue weighted by Gasteiger charge is 2.33. The number of benzene rings is 2. The Morgan fingerprint density at radius 3 is 2.43 bits per heavy atom. The van der Waals surface area contributed by atoms with E-state index in [4.69, 9.17) is 4.74 Å². The molecule has 28 heavy (non-hydrogen) atoms. The molecule has 0 saturated carbocycles. The molecule has 2 aromatic rings. The molecule has 0 unspecified atom stereocenters. The molecule has 0 saturated heterocycles. The quantitative estimate of drug-likeness (QED) is 0.558. The summed E-state index contributed by atoms with van der Waals surface area (Å²) in [5, 5.41) is 16.4. The summed E-state index contributed by atoms with van der Waals surface area (Å²) < 4.78 is 43.5. The summed E-state index contributed by atoms with van der Waals surface area (Å²) in [7, 11) is 1.44. The molecule has 10 heteroatoms. The summed E-state index contributed by atoms with van der Waals surface area (Å²) in [6.07, 6.45) is -4.71. The van der Waals surface area contributed by atoms with Crippen molar-refractivity contribution in [3.63, 3.8) is 0 Å². The van der Waals surface area contributed by atoms with Gasteiger partial charge >= 0.3 is 6.18 Å². The van der Waals surface area contributed by atoms with Crippen LogP contribution in [0.4, 0.5) is 30.2 Å². The van der Waals surface area contributed by atoms with Gasteiger partial charge in [0.2, 0.25) is 5.91 Å². The van der Waals surface area contributed by atoms with E-state index in [-0.39, 0.29) is 5.69 Å². The normalized spacial score (nSPS) is 12.2. The molecule has 2 aromatic carbocycles. The van der Waals surface area contributed by atoms with Crippen molar-refractivity contribution in [2.24, 2.45) is 0 Å². The molecule has 0 fully saturated rings. The summed E-state index contributed by atoms with van der Waals surface area (Å²) >= 11 is 0. The topological polar surface area (TPSA) is 93.5 Å². The van der Waals surface area contributed by atoms with Gasteiger partial charge in [-0.2, -0.15) is 13.2 Å². The van der Waals surface area contributed by atoms with Gasteiger partial charge in [0.05, 0.1) is 23.3 Å². The number of hydrogen-bond donors (Lipinski definition) is 2. The molecule has 0 radical (unpaired) electrons. The number of hydrogen-bond acceptors (Lipinski definition) is 5. The molecule has 1 amide bonds. The number of alkyl halides is 3.